The Kier molecular flexibility index (Phi) is 12.3. The van der Waals surface area contributed by atoms with Crippen molar-refractivity contribution in [2.45, 2.75) is 44.8 Å². The second kappa shape index (κ2) is 13.6. The maximum Gasteiger partial charge on any atom is 0.191 e. The Labute approximate surface area is 186 Å². The summed E-state index contributed by atoms with van der Waals surface area (Å²) < 4.78 is 5.62. The largest absolute Gasteiger partial charge is 0.375 e. The van der Waals surface area contributed by atoms with Crippen LogP contribution in [-0.2, 0) is 4.74 Å². The zero-order valence-corrected chi connectivity index (χ0v) is 19.8. The number of guanidine groups is 1. The number of benzene rings is 1. The van der Waals surface area contributed by atoms with E-state index in [2.05, 4.69) is 27.4 Å². The molecule has 5 nitrogen and oxygen atoms in total. The molecule has 1 atom stereocenters. The number of nitrogens with one attached hydrogen (secondary N) is 2. The first-order valence-electron chi connectivity index (χ1n) is 9.64. The standard InChI is InChI=1S/C20H33ClN4O.HI/c1-4-5-11-25-12-9-18(10-13-25)24-20(22-2)23-15-19(26-3)16-7-6-8-17(21)14-16;/h6-8,14,18-19H,4-5,9-13,15H2,1-3H3,(H2,22,23,24);1H. The third kappa shape index (κ3) is 8.54. The predicted octanol–water partition coefficient (Wildman–Crippen LogP) is 4.08. The highest BCUT2D eigenvalue weighted by atomic mass is 127. The molecule has 0 radical (unpaired) electrons. The van der Waals surface area contributed by atoms with Crippen molar-refractivity contribution in [2.75, 3.05) is 40.3 Å². The van der Waals surface area contributed by atoms with E-state index in [0.717, 1.165) is 42.5 Å². The molecule has 1 aromatic rings. The SMILES string of the molecule is CCCCN1CCC(NC(=NC)NCC(OC)c2cccc(Cl)c2)CC1.I. The summed E-state index contributed by atoms with van der Waals surface area (Å²) in [6.07, 6.45) is 4.81. The first kappa shape index (κ1) is 24.5. The minimum Gasteiger partial charge on any atom is -0.375 e. The van der Waals surface area contributed by atoms with Crippen molar-refractivity contribution in [3.8, 4) is 0 Å². The number of nitrogens with zero attached hydrogens (tertiary/aromatic N) is 2. The first-order chi connectivity index (χ1) is 12.7. The van der Waals surface area contributed by atoms with Crippen molar-refractivity contribution in [2.24, 2.45) is 4.99 Å². The molecule has 1 fully saturated rings. The van der Waals surface area contributed by atoms with Crippen LogP contribution in [0.15, 0.2) is 29.3 Å². The van der Waals surface area contributed by atoms with Crippen LogP contribution in [0.25, 0.3) is 0 Å². The zero-order chi connectivity index (χ0) is 18.8. The monoisotopic (exact) mass is 508 g/mol. The number of ether oxygens (including phenoxy) is 1. The number of unbranched alkanes of at least 4 members (excludes halogenated alkanes) is 1. The Hall–Kier alpha value is -0.570. The molecule has 2 N–H and O–H groups in total. The molecule has 1 saturated heterocycles. The lowest BCUT2D eigenvalue weighted by Crippen LogP contribution is -2.49. The van der Waals surface area contributed by atoms with Gasteiger partial charge in [0.1, 0.15) is 0 Å². The number of hydrogen-bond acceptors (Lipinski definition) is 3. The number of piperidine rings is 1. The fourth-order valence-electron chi connectivity index (χ4n) is 3.30. The van der Waals surface area contributed by atoms with Gasteiger partial charge in [-0.05, 0) is 43.5 Å². The summed E-state index contributed by atoms with van der Waals surface area (Å²) in [6.45, 7) is 6.45. The van der Waals surface area contributed by atoms with Crippen molar-refractivity contribution < 1.29 is 4.74 Å². The normalized spacial score (nSPS) is 17.3. The molecule has 154 valence electrons. The van der Waals surface area contributed by atoms with Crippen LogP contribution in [0.5, 0.6) is 0 Å². The lowest BCUT2D eigenvalue weighted by atomic mass is 10.0. The fraction of sp³-hybridized carbons (Fsp3) is 0.650. The number of aliphatic imine (C=N–C) groups is 1. The van der Waals surface area contributed by atoms with E-state index >= 15 is 0 Å². The highest BCUT2D eigenvalue weighted by Gasteiger charge is 2.20. The smallest absolute Gasteiger partial charge is 0.191 e. The van der Waals surface area contributed by atoms with Crippen molar-refractivity contribution >= 4 is 41.5 Å². The van der Waals surface area contributed by atoms with Crippen molar-refractivity contribution in [1.82, 2.24) is 15.5 Å². The van der Waals surface area contributed by atoms with Gasteiger partial charge in [0.25, 0.3) is 0 Å². The third-order valence-electron chi connectivity index (χ3n) is 4.94. The van der Waals surface area contributed by atoms with E-state index in [4.69, 9.17) is 16.3 Å². The predicted molar refractivity (Wildman–Crippen MR) is 125 cm³/mol. The van der Waals surface area contributed by atoms with Crippen LogP contribution in [0.1, 0.15) is 44.3 Å². The van der Waals surface area contributed by atoms with E-state index in [0.29, 0.717) is 12.6 Å². The summed E-state index contributed by atoms with van der Waals surface area (Å²) in [4.78, 5) is 6.93. The average molecular weight is 509 g/mol. The molecule has 1 heterocycles. The van der Waals surface area contributed by atoms with Gasteiger partial charge in [0, 0.05) is 44.9 Å². The molecule has 0 saturated carbocycles. The zero-order valence-electron chi connectivity index (χ0n) is 16.7. The Morgan fingerprint density at radius 3 is 2.70 bits per heavy atom. The molecular formula is C20H34ClIN4O. The second-order valence-electron chi connectivity index (χ2n) is 6.85. The number of halogens is 2. The molecule has 0 aliphatic carbocycles. The van der Waals surface area contributed by atoms with Gasteiger partial charge in [0.2, 0.25) is 0 Å². The first-order valence-corrected chi connectivity index (χ1v) is 10.0. The van der Waals surface area contributed by atoms with Gasteiger partial charge in [-0.2, -0.15) is 0 Å². The van der Waals surface area contributed by atoms with Gasteiger partial charge in [0.05, 0.1) is 6.10 Å². The van der Waals surface area contributed by atoms with Gasteiger partial charge in [0.15, 0.2) is 5.96 Å². The van der Waals surface area contributed by atoms with Gasteiger partial charge in [-0.25, -0.2) is 0 Å². The van der Waals surface area contributed by atoms with E-state index in [1.54, 1.807) is 7.11 Å². The molecule has 27 heavy (non-hydrogen) atoms. The van der Waals surface area contributed by atoms with E-state index in [-0.39, 0.29) is 30.1 Å². The molecular weight excluding hydrogens is 475 g/mol. The summed E-state index contributed by atoms with van der Waals surface area (Å²) in [7, 11) is 3.53. The number of rotatable bonds is 8. The van der Waals surface area contributed by atoms with Gasteiger partial charge >= 0.3 is 0 Å². The van der Waals surface area contributed by atoms with Crippen molar-refractivity contribution in [3.63, 3.8) is 0 Å². The van der Waals surface area contributed by atoms with E-state index in [9.17, 15) is 0 Å². The van der Waals surface area contributed by atoms with Gasteiger partial charge < -0.3 is 20.3 Å². The Balaban J connectivity index is 0.00000364. The molecule has 1 aliphatic heterocycles. The van der Waals surface area contributed by atoms with Crippen LogP contribution in [0.2, 0.25) is 5.02 Å². The fourth-order valence-corrected chi connectivity index (χ4v) is 3.50. The Morgan fingerprint density at radius 1 is 1.37 bits per heavy atom. The molecule has 1 aliphatic rings. The van der Waals surface area contributed by atoms with Crippen LogP contribution in [0.3, 0.4) is 0 Å². The van der Waals surface area contributed by atoms with Crippen LogP contribution in [0, 0.1) is 0 Å². The van der Waals surface area contributed by atoms with Crippen LogP contribution in [-0.4, -0.2) is 57.2 Å². The maximum absolute atomic E-state index is 6.09. The summed E-state index contributed by atoms with van der Waals surface area (Å²) in [5.41, 5.74) is 1.06. The summed E-state index contributed by atoms with van der Waals surface area (Å²) >= 11 is 6.09. The average Bonchev–Trinajstić information content (AvgIpc) is 2.67. The summed E-state index contributed by atoms with van der Waals surface area (Å²) in [6, 6.07) is 8.27. The highest BCUT2D eigenvalue weighted by Crippen LogP contribution is 2.19. The maximum atomic E-state index is 6.09. The van der Waals surface area contributed by atoms with Gasteiger partial charge in [-0.3, -0.25) is 4.99 Å². The third-order valence-corrected chi connectivity index (χ3v) is 5.17. The lowest BCUT2D eigenvalue weighted by molar-refractivity contribution is 0.106. The quantitative estimate of drug-likeness (QED) is 0.316. The molecule has 2 rings (SSSR count). The highest BCUT2D eigenvalue weighted by molar-refractivity contribution is 14.0. The Morgan fingerprint density at radius 2 is 2.11 bits per heavy atom. The minimum absolute atomic E-state index is 0. The van der Waals surface area contributed by atoms with Crippen molar-refractivity contribution in [1.29, 1.82) is 0 Å². The topological polar surface area (TPSA) is 48.9 Å². The molecule has 0 spiro atoms. The van der Waals surface area contributed by atoms with Crippen molar-refractivity contribution in [3.05, 3.63) is 34.9 Å². The van der Waals surface area contributed by atoms with E-state index < -0.39 is 0 Å². The molecule has 0 aromatic heterocycles. The number of methoxy groups -OCH3 is 1. The molecule has 7 heteroatoms. The van der Waals surface area contributed by atoms with Gasteiger partial charge in [-0.15, -0.1) is 24.0 Å². The number of likely N-dealkylation sites (tertiary alicyclic amines) is 1. The molecule has 0 amide bonds. The minimum atomic E-state index is -0.0665. The van der Waals surface area contributed by atoms with Crippen LogP contribution >= 0.6 is 35.6 Å². The number of hydrogen-bond donors (Lipinski definition) is 2. The molecule has 1 unspecified atom stereocenters. The second-order valence-corrected chi connectivity index (χ2v) is 7.28. The van der Waals surface area contributed by atoms with Crippen LogP contribution in [0.4, 0.5) is 0 Å². The summed E-state index contributed by atoms with van der Waals surface area (Å²) in [5.74, 6) is 0.834. The van der Waals surface area contributed by atoms with Crippen LogP contribution < -0.4 is 10.6 Å². The van der Waals surface area contributed by atoms with E-state index in [1.165, 1.54) is 19.4 Å². The Bertz CT molecular complexity index is 565. The van der Waals surface area contributed by atoms with E-state index in [1.807, 2.05) is 31.3 Å². The summed E-state index contributed by atoms with van der Waals surface area (Å²) in [5, 5.41) is 7.67. The molecule has 1 aromatic carbocycles. The lowest BCUT2D eigenvalue weighted by Gasteiger charge is -2.33. The van der Waals surface area contributed by atoms with Gasteiger partial charge in [-0.1, -0.05) is 37.1 Å². The molecule has 0 bridgehead atoms.